The highest BCUT2D eigenvalue weighted by molar-refractivity contribution is 7.99. The number of benzene rings is 2. The number of carbonyl (C=O) groups is 1. The van der Waals surface area contributed by atoms with Crippen molar-refractivity contribution in [2.75, 3.05) is 5.75 Å². The van der Waals surface area contributed by atoms with Crippen LogP contribution in [0.3, 0.4) is 0 Å². The van der Waals surface area contributed by atoms with Crippen LogP contribution in [0.1, 0.15) is 11.1 Å². The molecule has 0 spiro atoms. The molecule has 0 aliphatic rings. The number of halogens is 1. The van der Waals surface area contributed by atoms with Crippen molar-refractivity contribution in [2.45, 2.75) is 5.75 Å². The molecule has 0 saturated heterocycles. The maximum Gasteiger partial charge on any atom is 0.269 e. The molecule has 0 aliphatic heterocycles. The van der Waals surface area contributed by atoms with Crippen LogP contribution in [0.15, 0.2) is 53.6 Å². The fourth-order valence-corrected chi connectivity index (χ4v) is 2.52. The normalized spacial score (nSPS) is 10.7. The fourth-order valence-electron chi connectivity index (χ4n) is 1.74. The number of nitrogens with zero attached hydrogens (tertiary/aromatic N) is 2. The van der Waals surface area contributed by atoms with E-state index in [0.717, 1.165) is 5.56 Å². The van der Waals surface area contributed by atoms with E-state index in [1.54, 1.807) is 24.3 Å². The predicted molar refractivity (Wildman–Crippen MR) is 91.4 cm³/mol. The predicted octanol–water partition coefficient (Wildman–Crippen LogP) is 3.12. The molecule has 2 aromatic rings. The second-order valence-electron chi connectivity index (χ2n) is 4.76. The van der Waals surface area contributed by atoms with Crippen molar-refractivity contribution in [3.8, 4) is 0 Å². The van der Waals surface area contributed by atoms with E-state index in [9.17, 15) is 19.3 Å². The number of thioether (sulfide) groups is 1. The van der Waals surface area contributed by atoms with Crippen LogP contribution in [0, 0.1) is 15.9 Å². The zero-order valence-electron chi connectivity index (χ0n) is 12.5. The lowest BCUT2D eigenvalue weighted by Crippen LogP contribution is -2.19. The van der Waals surface area contributed by atoms with E-state index in [1.165, 1.54) is 42.2 Å². The van der Waals surface area contributed by atoms with Gasteiger partial charge in [0, 0.05) is 17.9 Å². The van der Waals surface area contributed by atoms with E-state index in [-0.39, 0.29) is 23.2 Å². The molecule has 0 aromatic heterocycles. The molecule has 0 radical (unpaired) electrons. The smallest absolute Gasteiger partial charge is 0.269 e. The summed E-state index contributed by atoms with van der Waals surface area (Å²) < 4.78 is 12.7. The van der Waals surface area contributed by atoms with Crippen molar-refractivity contribution in [3.05, 3.63) is 75.6 Å². The first-order valence-corrected chi connectivity index (χ1v) is 8.08. The van der Waals surface area contributed by atoms with E-state index in [2.05, 4.69) is 10.5 Å². The third-order valence-electron chi connectivity index (χ3n) is 2.92. The van der Waals surface area contributed by atoms with Crippen molar-refractivity contribution in [3.63, 3.8) is 0 Å². The molecule has 0 bridgehead atoms. The van der Waals surface area contributed by atoms with Gasteiger partial charge in [0.25, 0.3) is 5.69 Å². The van der Waals surface area contributed by atoms with Gasteiger partial charge >= 0.3 is 0 Å². The van der Waals surface area contributed by atoms with Gasteiger partial charge < -0.3 is 0 Å². The Labute approximate surface area is 141 Å². The summed E-state index contributed by atoms with van der Waals surface area (Å²) in [4.78, 5) is 21.7. The Kier molecular flexibility index (Phi) is 6.44. The highest BCUT2D eigenvalue weighted by atomic mass is 32.2. The quantitative estimate of drug-likeness (QED) is 0.474. The molecule has 124 valence electrons. The molecule has 2 aromatic carbocycles. The minimum Gasteiger partial charge on any atom is -0.272 e. The van der Waals surface area contributed by atoms with E-state index < -0.39 is 4.92 Å². The number of hydrazone groups is 1. The van der Waals surface area contributed by atoms with Crippen molar-refractivity contribution in [1.82, 2.24) is 5.43 Å². The Balaban J connectivity index is 1.71. The molecule has 0 saturated carbocycles. The van der Waals surface area contributed by atoms with E-state index in [4.69, 9.17) is 0 Å². The van der Waals surface area contributed by atoms with Gasteiger partial charge in [0.1, 0.15) is 5.82 Å². The molecule has 24 heavy (non-hydrogen) atoms. The zero-order valence-corrected chi connectivity index (χ0v) is 13.3. The Bertz CT molecular complexity index is 733. The zero-order chi connectivity index (χ0) is 17.4. The first kappa shape index (κ1) is 17.6. The summed E-state index contributed by atoms with van der Waals surface area (Å²) in [5.74, 6) is 0.171. The highest BCUT2D eigenvalue weighted by Gasteiger charge is 2.05. The van der Waals surface area contributed by atoms with Crippen molar-refractivity contribution in [2.24, 2.45) is 5.10 Å². The van der Waals surface area contributed by atoms with E-state index in [0.29, 0.717) is 11.3 Å². The fraction of sp³-hybridized carbons (Fsp3) is 0.125. The van der Waals surface area contributed by atoms with E-state index >= 15 is 0 Å². The average Bonchev–Trinajstić information content (AvgIpc) is 2.57. The maximum atomic E-state index is 12.7. The van der Waals surface area contributed by atoms with Crippen molar-refractivity contribution >= 4 is 29.6 Å². The Morgan fingerprint density at radius 3 is 2.50 bits per heavy atom. The van der Waals surface area contributed by atoms with Crippen LogP contribution in [-0.2, 0) is 10.5 Å². The number of hydrogen-bond donors (Lipinski definition) is 1. The summed E-state index contributed by atoms with van der Waals surface area (Å²) in [5.41, 5.74) is 3.99. The Hall–Kier alpha value is -2.74. The Morgan fingerprint density at radius 1 is 1.21 bits per heavy atom. The van der Waals surface area contributed by atoms with Crippen LogP contribution in [-0.4, -0.2) is 22.8 Å². The summed E-state index contributed by atoms with van der Waals surface area (Å²) >= 11 is 1.37. The van der Waals surface area contributed by atoms with Gasteiger partial charge in [0.2, 0.25) is 5.91 Å². The molecule has 2 rings (SSSR count). The lowest BCUT2D eigenvalue weighted by atomic mass is 10.2. The molecule has 1 N–H and O–H groups in total. The maximum absolute atomic E-state index is 12.7. The molecule has 6 nitrogen and oxygen atoms in total. The van der Waals surface area contributed by atoms with E-state index in [1.807, 2.05) is 0 Å². The third-order valence-corrected chi connectivity index (χ3v) is 3.93. The second-order valence-corrected chi connectivity index (χ2v) is 5.75. The molecular formula is C16H14FN3O3S. The topological polar surface area (TPSA) is 84.6 Å². The van der Waals surface area contributed by atoms with Crippen molar-refractivity contribution < 1.29 is 14.1 Å². The van der Waals surface area contributed by atoms with Crippen LogP contribution in [0.5, 0.6) is 0 Å². The average molecular weight is 347 g/mol. The van der Waals surface area contributed by atoms with Gasteiger partial charge in [0.15, 0.2) is 0 Å². The van der Waals surface area contributed by atoms with Gasteiger partial charge in [-0.1, -0.05) is 24.3 Å². The number of non-ortho nitro benzene ring substituents is 1. The first-order valence-electron chi connectivity index (χ1n) is 6.93. The highest BCUT2D eigenvalue weighted by Crippen LogP contribution is 2.16. The Morgan fingerprint density at radius 2 is 1.88 bits per heavy atom. The number of hydrogen-bond acceptors (Lipinski definition) is 5. The monoisotopic (exact) mass is 347 g/mol. The number of carbonyl (C=O) groups excluding carboxylic acids is 1. The molecule has 0 atom stereocenters. The summed E-state index contributed by atoms with van der Waals surface area (Å²) in [7, 11) is 0. The largest absolute Gasteiger partial charge is 0.272 e. The molecule has 0 aliphatic carbocycles. The number of nitro groups is 1. The summed E-state index contributed by atoms with van der Waals surface area (Å²) in [6.45, 7) is 0. The SMILES string of the molecule is O=C(CSCc1ccc([N+](=O)[O-])cc1)N/N=C\c1ccc(F)cc1. The number of nitrogens with one attached hydrogen (secondary N) is 1. The number of amides is 1. The molecule has 0 fully saturated rings. The lowest BCUT2D eigenvalue weighted by Gasteiger charge is -2.01. The van der Waals surface area contributed by atoms with Gasteiger partial charge in [-0.05, 0) is 23.3 Å². The van der Waals surface area contributed by atoms with Gasteiger partial charge in [-0.2, -0.15) is 5.10 Å². The van der Waals surface area contributed by atoms with Crippen LogP contribution >= 0.6 is 11.8 Å². The lowest BCUT2D eigenvalue weighted by molar-refractivity contribution is -0.384. The summed E-state index contributed by atoms with van der Waals surface area (Å²) in [6, 6.07) is 11.9. The minimum atomic E-state index is -0.455. The van der Waals surface area contributed by atoms with Gasteiger partial charge in [-0.25, -0.2) is 9.82 Å². The van der Waals surface area contributed by atoms with Crippen LogP contribution in [0.4, 0.5) is 10.1 Å². The van der Waals surface area contributed by atoms with Crippen LogP contribution in [0.2, 0.25) is 0 Å². The molecule has 8 heteroatoms. The van der Waals surface area contributed by atoms with Crippen molar-refractivity contribution in [1.29, 1.82) is 0 Å². The summed E-state index contributed by atoms with van der Waals surface area (Å²) in [6.07, 6.45) is 1.43. The van der Waals surface area contributed by atoms with Crippen LogP contribution in [0.25, 0.3) is 0 Å². The minimum absolute atomic E-state index is 0.0385. The first-order chi connectivity index (χ1) is 11.5. The number of rotatable bonds is 7. The van der Waals surface area contributed by atoms with Gasteiger partial charge in [-0.3, -0.25) is 14.9 Å². The number of nitro benzene ring substituents is 1. The standard InChI is InChI=1S/C16H14FN3O3S/c17-14-5-1-12(2-6-14)9-18-19-16(21)11-24-10-13-3-7-15(8-4-13)20(22)23/h1-9H,10-11H2,(H,19,21)/b18-9-. The van der Waals surface area contributed by atoms with Gasteiger partial charge in [0.05, 0.1) is 16.9 Å². The van der Waals surface area contributed by atoms with Crippen LogP contribution < -0.4 is 5.43 Å². The van der Waals surface area contributed by atoms with Gasteiger partial charge in [-0.15, -0.1) is 11.8 Å². The molecule has 0 unspecified atom stereocenters. The molecule has 0 heterocycles. The molecular weight excluding hydrogens is 333 g/mol. The molecule has 1 amide bonds. The third kappa shape index (κ3) is 5.81. The second kappa shape index (κ2) is 8.78. The summed E-state index contributed by atoms with van der Waals surface area (Å²) in [5, 5.41) is 14.3.